The average Bonchev–Trinajstić information content (AvgIpc) is 3.29. The van der Waals surface area contributed by atoms with Crippen molar-refractivity contribution < 1.29 is 14.6 Å². The Balaban J connectivity index is 1.58. The first-order valence-electron chi connectivity index (χ1n) is 9.34. The summed E-state index contributed by atoms with van der Waals surface area (Å²) in [7, 11) is 1.58. The normalized spacial score (nSPS) is 22.9. The highest BCUT2D eigenvalue weighted by molar-refractivity contribution is 6.13. The van der Waals surface area contributed by atoms with Gasteiger partial charge in [-0.3, -0.25) is 5.41 Å². The molecule has 1 aliphatic heterocycles. The molecule has 4 N–H and O–H groups in total. The van der Waals surface area contributed by atoms with E-state index in [0.717, 1.165) is 12.8 Å². The first-order valence-corrected chi connectivity index (χ1v) is 9.34. The number of rotatable bonds is 6. The molecule has 2 aromatic rings. The third-order valence-electron chi connectivity index (χ3n) is 5.38. The number of nitrogens with one attached hydrogen (secondary N) is 1. The van der Waals surface area contributed by atoms with Crippen LogP contribution in [0.3, 0.4) is 0 Å². The summed E-state index contributed by atoms with van der Waals surface area (Å²) in [4.78, 5) is 10.5. The van der Waals surface area contributed by atoms with Gasteiger partial charge in [0.05, 0.1) is 17.5 Å². The van der Waals surface area contributed by atoms with E-state index in [1.54, 1.807) is 25.3 Å². The van der Waals surface area contributed by atoms with Gasteiger partial charge >= 0.3 is 0 Å². The number of ether oxygens (including phenoxy) is 2. The van der Waals surface area contributed by atoms with Gasteiger partial charge in [-0.2, -0.15) is 0 Å². The molecule has 4 rings (SSSR count). The molecule has 1 aromatic carbocycles. The third-order valence-corrected chi connectivity index (χ3v) is 5.38. The van der Waals surface area contributed by atoms with Crippen LogP contribution < -0.4 is 15.4 Å². The first kappa shape index (κ1) is 18.6. The van der Waals surface area contributed by atoms with Crippen molar-refractivity contribution in [1.82, 2.24) is 9.97 Å². The molecule has 2 heterocycles. The van der Waals surface area contributed by atoms with Crippen molar-refractivity contribution in [2.45, 2.75) is 37.6 Å². The summed E-state index contributed by atoms with van der Waals surface area (Å²) in [5, 5.41) is 18.7. The van der Waals surface area contributed by atoms with Gasteiger partial charge in [0.25, 0.3) is 0 Å². The summed E-state index contributed by atoms with van der Waals surface area (Å²) in [6.07, 6.45) is 2.66. The number of benzene rings is 1. The number of aliphatic hydroxyl groups excluding tert-OH is 1. The van der Waals surface area contributed by atoms with E-state index >= 15 is 0 Å². The van der Waals surface area contributed by atoms with E-state index in [4.69, 9.17) is 20.6 Å². The summed E-state index contributed by atoms with van der Waals surface area (Å²) in [6, 6.07) is 7.12. The molecular formula is C20H25N5O3. The molecule has 8 nitrogen and oxygen atoms in total. The first-order chi connectivity index (χ1) is 13.4. The fourth-order valence-electron chi connectivity index (χ4n) is 3.35. The quantitative estimate of drug-likeness (QED) is 0.512. The van der Waals surface area contributed by atoms with E-state index in [-0.39, 0.29) is 17.4 Å². The van der Waals surface area contributed by atoms with Crippen LogP contribution in [0, 0.1) is 5.41 Å². The molecule has 2 atom stereocenters. The van der Waals surface area contributed by atoms with Gasteiger partial charge in [-0.15, -0.1) is 0 Å². The Labute approximate surface area is 163 Å². The van der Waals surface area contributed by atoms with Crippen molar-refractivity contribution in [2.75, 3.05) is 30.8 Å². The number of methoxy groups -OCH3 is 1. The standard InChI is InChI=1S/C20H25N5O3/c1-20(5-6-20)28-12-3-4-14(21)13(7-12)19(22)15-8-18(24-11-23-15)25-9-16(26)17(10-25)27-2/h3-4,7-8,11,16-17,22,26H,5-6,9-10,21H2,1-2H3/t16-,17?/m0/s1. The fourth-order valence-corrected chi connectivity index (χ4v) is 3.35. The lowest BCUT2D eigenvalue weighted by Crippen LogP contribution is -2.25. The number of nitrogens with zero attached hydrogens (tertiary/aromatic N) is 3. The number of nitrogen functional groups attached to an aromatic ring is 1. The minimum Gasteiger partial charge on any atom is -0.488 e. The largest absolute Gasteiger partial charge is 0.488 e. The smallest absolute Gasteiger partial charge is 0.132 e. The number of anilines is 2. The van der Waals surface area contributed by atoms with Crippen molar-refractivity contribution in [1.29, 1.82) is 5.41 Å². The zero-order valence-corrected chi connectivity index (χ0v) is 16.1. The molecule has 1 saturated heterocycles. The molecule has 8 heteroatoms. The zero-order valence-electron chi connectivity index (χ0n) is 16.1. The summed E-state index contributed by atoms with van der Waals surface area (Å²) in [5.74, 6) is 1.35. The van der Waals surface area contributed by atoms with Crippen molar-refractivity contribution in [2.24, 2.45) is 0 Å². The summed E-state index contributed by atoms with van der Waals surface area (Å²) in [6.45, 7) is 3.03. The van der Waals surface area contributed by atoms with E-state index < -0.39 is 6.10 Å². The highest BCUT2D eigenvalue weighted by atomic mass is 16.5. The van der Waals surface area contributed by atoms with Crippen molar-refractivity contribution in [3.63, 3.8) is 0 Å². The Kier molecular flexibility index (Phi) is 4.68. The van der Waals surface area contributed by atoms with Crippen molar-refractivity contribution in [3.05, 3.63) is 41.9 Å². The highest BCUT2D eigenvalue weighted by Crippen LogP contribution is 2.40. The molecule has 0 amide bonds. The molecule has 28 heavy (non-hydrogen) atoms. The minimum atomic E-state index is -0.573. The van der Waals surface area contributed by atoms with Crippen LogP contribution in [0.4, 0.5) is 11.5 Å². The van der Waals surface area contributed by atoms with Gasteiger partial charge in [0.2, 0.25) is 0 Å². The zero-order chi connectivity index (χ0) is 19.9. The van der Waals surface area contributed by atoms with Crippen molar-refractivity contribution >= 4 is 17.2 Å². The van der Waals surface area contributed by atoms with Gasteiger partial charge in [0.1, 0.15) is 29.6 Å². The Morgan fingerprint density at radius 3 is 2.75 bits per heavy atom. The van der Waals surface area contributed by atoms with Gasteiger partial charge < -0.3 is 25.2 Å². The molecule has 1 saturated carbocycles. The van der Waals surface area contributed by atoms with Crippen LogP contribution in [0.1, 0.15) is 31.0 Å². The molecule has 0 radical (unpaired) electrons. The second kappa shape index (κ2) is 7.03. The van der Waals surface area contributed by atoms with Gasteiger partial charge in [0, 0.05) is 37.5 Å². The molecule has 0 bridgehead atoms. The summed E-state index contributed by atoms with van der Waals surface area (Å²) < 4.78 is 11.3. The van der Waals surface area contributed by atoms with E-state index in [1.807, 2.05) is 11.0 Å². The number of hydrogen-bond donors (Lipinski definition) is 3. The average molecular weight is 383 g/mol. The Bertz CT molecular complexity index is 899. The molecule has 148 valence electrons. The minimum absolute atomic E-state index is 0.105. The van der Waals surface area contributed by atoms with Crippen molar-refractivity contribution in [3.8, 4) is 5.75 Å². The lowest BCUT2D eigenvalue weighted by Gasteiger charge is -2.18. The molecule has 1 aliphatic carbocycles. The molecule has 1 unspecified atom stereocenters. The predicted octanol–water partition coefficient (Wildman–Crippen LogP) is 1.60. The van der Waals surface area contributed by atoms with Gasteiger partial charge in [-0.1, -0.05) is 0 Å². The number of nitrogens with two attached hydrogens (primary N) is 1. The molecular weight excluding hydrogens is 358 g/mol. The number of hydrogen-bond acceptors (Lipinski definition) is 8. The molecule has 2 fully saturated rings. The van der Waals surface area contributed by atoms with E-state index in [2.05, 4.69) is 16.9 Å². The third kappa shape index (κ3) is 3.65. The van der Waals surface area contributed by atoms with Gasteiger partial charge in [0.15, 0.2) is 0 Å². The Hall–Kier alpha value is -2.71. The van der Waals surface area contributed by atoms with E-state index in [1.165, 1.54) is 6.33 Å². The Morgan fingerprint density at radius 2 is 2.07 bits per heavy atom. The maximum absolute atomic E-state index is 10.1. The monoisotopic (exact) mass is 383 g/mol. The van der Waals surface area contributed by atoms with E-state index in [0.29, 0.717) is 41.6 Å². The van der Waals surface area contributed by atoms with Crippen LogP contribution in [0.25, 0.3) is 0 Å². The maximum Gasteiger partial charge on any atom is 0.132 e. The molecule has 0 spiro atoms. The second-order valence-electron chi connectivity index (χ2n) is 7.68. The van der Waals surface area contributed by atoms with Gasteiger partial charge in [-0.25, -0.2) is 9.97 Å². The van der Waals surface area contributed by atoms with Crippen LogP contribution in [0.5, 0.6) is 5.75 Å². The van der Waals surface area contributed by atoms with Crippen LogP contribution >= 0.6 is 0 Å². The van der Waals surface area contributed by atoms with Crippen LogP contribution in [-0.2, 0) is 4.74 Å². The number of aliphatic hydroxyl groups is 1. The highest BCUT2D eigenvalue weighted by Gasteiger charge is 2.40. The molecule has 2 aliphatic rings. The lowest BCUT2D eigenvalue weighted by atomic mass is 10.0. The Morgan fingerprint density at radius 1 is 1.29 bits per heavy atom. The number of aromatic nitrogens is 2. The fraction of sp³-hybridized carbons (Fsp3) is 0.450. The predicted molar refractivity (Wildman–Crippen MR) is 106 cm³/mol. The number of β-amino-alcohol motifs (C(OH)–C–C–N with tert-alkyl or cyclic N) is 1. The topological polar surface area (TPSA) is 118 Å². The van der Waals surface area contributed by atoms with Crippen LogP contribution in [-0.4, -0.2) is 58.8 Å². The van der Waals surface area contributed by atoms with Crippen LogP contribution in [0.2, 0.25) is 0 Å². The van der Waals surface area contributed by atoms with Gasteiger partial charge in [-0.05, 0) is 38.0 Å². The summed E-state index contributed by atoms with van der Waals surface area (Å²) in [5.41, 5.74) is 7.75. The summed E-state index contributed by atoms with van der Waals surface area (Å²) >= 11 is 0. The van der Waals surface area contributed by atoms with Crippen LogP contribution in [0.15, 0.2) is 30.6 Å². The molecule has 1 aromatic heterocycles. The SMILES string of the molecule is COC1CN(c2cc(C(=N)c3cc(OC4(C)CC4)ccc3N)ncn2)C[C@@H]1O. The van der Waals surface area contributed by atoms with E-state index in [9.17, 15) is 5.11 Å². The maximum atomic E-state index is 10.1. The second-order valence-corrected chi connectivity index (χ2v) is 7.68. The lowest BCUT2D eigenvalue weighted by molar-refractivity contribution is 0.0217.